The first kappa shape index (κ1) is 24.7. The summed E-state index contributed by atoms with van der Waals surface area (Å²) < 4.78 is 27.9. The van der Waals surface area contributed by atoms with E-state index in [-0.39, 0.29) is 51.8 Å². The van der Waals surface area contributed by atoms with Crippen LogP contribution in [0.1, 0.15) is 16.8 Å². The van der Waals surface area contributed by atoms with E-state index in [1.54, 1.807) is 0 Å². The van der Waals surface area contributed by atoms with Gasteiger partial charge in [0.15, 0.2) is 6.17 Å². The highest BCUT2D eigenvalue weighted by Crippen LogP contribution is 2.30. The third-order valence-electron chi connectivity index (χ3n) is 4.77. The molecule has 1 aromatic heterocycles. The fourth-order valence-electron chi connectivity index (χ4n) is 3.29. The van der Waals surface area contributed by atoms with Crippen LogP contribution in [-0.4, -0.2) is 66.8 Å². The summed E-state index contributed by atoms with van der Waals surface area (Å²) in [5, 5.41) is 2.74. The zero-order valence-corrected chi connectivity index (χ0v) is 19.8. The molecule has 2 aromatic rings. The quantitative estimate of drug-likeness (QED) is 0.561. The minimum atomic E-state index is -4.22. The number of nitrogens with two attached hydrogens (primary N) is 1. The summed E-state index contributed by atoms with van der Waals surface area (Å²) in [4.78, 5) is 31.2. The molecular formula is C19H20Cl3N5O4S. The monoisotopic (exact) mass is 519 g/mol. The number of rotatable bonds is 6. The molecule has 2 amide bonds. The first-order valence-corrected chi connectivity index (χ1v) is 12.1. The maximum Gasteiger partial charge on any atom is 0.259 e. The van der Waals surface area contributed by atoms with Crippen molar-refractivity contribution in [3.8, 4) is 0 Å². The van der Waals surface area contributed by atoms with Gasteiger partial charge in [-0.1, -0.05) is 34.8 Å². The molecule has 1 atom stereocenters. The van der Waals surface area contributed by atoms with E-state index in [1.807, 2.05) is 0 Å². The summed E-state index contributed by atoms with van der Waals surface area (Å²) in [6, 6.07) is 6.82. The normalized spacial score (nSPS) is 17.2. The molecule has 2 heterocycles. The van der Waals surface area contributed by atoms with Crippen LogP contribution in [0.4, 0.5) is 0 Å². The zero-order chi connectivity index (χ0) is 23.5. The van der Waals surface area contributed by atoms with Crippen molar-refractivity contribution in [3.05, 3.63) is 57.3 Å². The Hall–Kier alpha value is -1.95. The number of carbonyl (C=O) groups excluding carboxylic acids is 2. The number of hydrogen-bond donors (Lipinski definition) is 2. The average Bonchev–Trinajstić information content (AvgIpc) is 2.78. The summed E-state index contributed by atoms with van der Waals surface area (Å²) in [5.74, 6) is -1.31. The molecule has 1 aromatic carbocycles. The SMILES string of the molecule is NCCNC(=O)C1N(C(=O)c2cccnc2Cl)CCCN1S(=O)(=O)c1ccc(Cl)c(Cl)c1. The fraction of sp³-hybridized carbons (Fsp3) is 0.316. The summed E-state index contributed by atoms with van der Waals surface area (Å²) in [6.45, 7) is 0.387. The Morgan fingerprint density at radius 2 is 1.91 bits per heavy atom. The van der Waals surface area contributed by atoms with Gasteiger partial charge in [0, 0.05) is 32.4 Å². The molecule has 172 valence electrons. The van der Waals surface area contributed by atoms with Gasteiger partial charge in [-0.15, -0.1) is 0 Å². The van der Waals surface area contributed by atoms with Crippen molar-refractivity contribution in [3.63, 3.8) is 0 Å². The van der Waals surface area contributed by atoms with Crippen LogP contribution in [0.15, 0.2) is 41.4 Å². The van der Waals surface area contributed by atoms with Crippen molar-refractivity contribution in [1.29, 1.82) is 0 Å². The number of amides is 2. The number of benzene rings is 1. The summed E-state index contributed by atoms with van der Waals surface area (Å²) in [6.07, 6.45) is 0.255. The van der Waals surface area contributed by atoms with Crippen molar-refractivity contribution >= 4 is 56.6 Å². The standard InChI is InChI=1S/C19H20Cl3N5O4S/c20-14-5-4-12(11-15(14)21)32(30,31)27-10-2-9-26(18(27)17(28)25-8-6-23)19(29)13-3-1-7-24-16(13)22/h1,3-5,7,11,18H,2,6,8-10,23H2,(H,25,28). The molecule has 0 radical (unpaired) electrons. The molecular weight excluding hydrogens is 501 g/mol. The zero-order valence-electron chi connectivity index (χ0n) is 16.7. The van der Waals surface area contributed by atoms with Crippen molar-refractivity contribution < 1.29 is 18.0 Å². The number of carbonyl (C=O) groups is 2. The van der Waals surface area contributed by atoms with Gasteiger partial charge in [-0.25, -0.2) is 13.4 Å². The molecule has 9 nitrogen and oxygen atoms in total. The maximum atomic E-state index is 13.5. The van der Waals surface area contributed by atoms with E-state index < -0.39 is 28.0 Å². The van der Waals surface area contributed by atoms with E-state index in [2.05, 4.69) is 10.3 Å². The number of aromatic nitrogens is 1. The Labute approximate surface area is 200 Å². The van der Waals surface area contributed by atoms with Gasteiger partial charge in [-0.2, -0.15) is 4.31 Å². The van der Waals surface area contributed by atoms with Crippen LogP contribution in [0, 0.1) is 0 Å². The summed E-state index contributed by atoms with van der Waals surface area (Å²) in [5.41, 5.74) is 5.53. The van der Waals surface area contributed by atoms with Gasteiger partial charge < -0.3 is 16.0 Å². The Morgan fingerprint density at radius 1 is 1.16 bits per heavy atom. The van der Waals surface area contributed by atoms with Crippen molar-refractivity contribution in [2.45, 2.75) is 17.5 Å². The molecule has 1 unspecified atom stereocenters. The number of hydrogen-bond acceptors (Lipinski definition) is 6. The van der Waals surface area contributed by atoms with Gasteiger partial charge in [-0.3, -0.25) is 9.59 Å². The highest BCUT2D eigenvalue weighted by Gasteiger charge is 2.44. The Bertz CT molecular complexity index is 1130. The lowest BCUT2D eigenvalue weighted by Crippen LogP contribution is -2.63. The van der Waals surface area contributed by atoms with Gasteiger partial charge in [0.25, 0.3) is 11.8 Å². The average molecular weight is 521 g/mol. The third kappa shape index (κ3) is 5.00. The third-order valence-corrected chi connectivity index (χ3v) is 7.66. The number of pyridine rings is 1. The molecule has 1 aliphatic heterocycles. The lowest BCUT2D eigenvalue weighted by atomic mass is 10.2. The first-order valence-electron chi connectivity index (χ1n) is 9.54. The molecule has 0 aliphatic carbocycles. The minimum Gasteiger partial charge on any atom is -0.352 e. The molecule has 1 saturated heterocycles. The Morgan fingerprint density at radius 3 is 2.56 bits per heavy atom. The van der Waals surface area contributed by atoms with Crippen LogP contribution in [0.3, 0.4) is 0 Å². The molecule has 1 aliphatic rings. The van der Waals surface area contributed by atoms with Crippen LogP contribution in [0.2, 0.25) is 15.2 Å². The van der Waals surface area contributed by atoms with Gasteiger partial charge in [0.05, 0.1) is 20.5 Å². The van der Waals surface area contributed by atoms with Crippen LogP contribution in [0.25, 0.3) is 0 Å². The number of nitrogens with one attached hydrogen (secondary N) is 1. The smallest absolute Gasteiger partial charge is 0.259 e. The van der Waals surface area contributed by atoms with Gasteiger partial charge in [0.2, 0.25) is 10.0 Å². The lowest BCUT2D eigenvalue weighted by molar-refractivity contribution is -0.130. The predicted molar refractivity (Wildman–Crippen MR) is 121 cm³/mol. The maximum absolute atomic E-state index is 13.5. The van der Waals surface area contributed by atoms with Crippen LogP contribution >= 0.6 is 34.8 Å². The fourth-order valence-corrected chi connectivity index (χ4v) is 5.48. The van der Waals surface area contributed by atoms with Crippen LogP contribution in [0.5, 0.6) is 0 Å². The Kier molecular flexibility index (Phi) is 7.97. The van der Waals surface area contributed by atoms with Crippen LogP contribution in [-0.2, 0) is 14.8 Å². The first-order chi connectivity index (χ1) is 15.2. The highest BCUT2D eigenvalue weighted by atomic mass is 35.5. The number of halogens is 3. The lowest BCUT2D eigenvalue weighted by Gasteiger charge is -2.41. The van der Waals surface area contributed by atoms with Crippen molar-refractivity contribution in [2.75, 3.05) is 26.2 Å². The van der Waals surface area contributed by atoms with E-state index in [4.69, 9.17) is 40.5 Å². The molecule has 32 heavy (non-hydrogen) atoms. The minimum absolute atomic E-state index is 0.00778. The second kappa shape index (κ2) is 10.3. The van der Waals surface area contributed by atoms with E-state index in [1.165, 1.54) is 36.5 Å². The molecule has 3 rings (SSSR count). The molecule has 3 N–H and O–H groups in total. The van der Waals surface area contributed by atoms with Gasteiger partial charge in [0.1, 0.15) is 5.15 Å². The molecule has 0 saturated carbocycles. The highest BCUT2D eigenvalue weighted by molar-refractivity contribution is 7.89. The van der Waals surface area contributed by atoms with Gasteiger partial charge in [-0.05, 0) is 36.8 Å². The van der Waals surface area contributed by atoms with E-state index in [0.29, 0.717) is 6.42 Å². The largest absolute Gasteiger partial charge is 0.352 e. The molecule has 0 spiro atoms. The summed E-state index contributed by atoms with van der Waals surface area (Å²) in [7, 11) is -4.22. The van der Waals surface area contributed by atoms with Crippen molar-refractivity contribution in [1.82, 2.24) is 19.5 Å². The molecule has 1 fully saturated rings. The van der Waals surface area contributed by atoms with E-state index >= 15 is 0 Å². The second-order valence-electron chi connectivity index (χ2n) is 6.84. The summed E-state index contributed by atoms with van der Waals surface area (Å²) >= 11 is 18.0. The van der Waals surface area contributed by atoms with Crippen molar-refractivity contribution in [2.24, 2.45) is 5.73 Å². The number of nitrogens with zero attached hydrogens (tertiary/aromatic N) is 3. The molecule has 0 bridgehead atoms. The second-order valence-corrected chi connectivity index (χ2v) is 9.90. The Balaban J connectivity index is 2.05. The topological polar surface area (TPSA) is 126 Å². The van der Waals surface area contributed by atoms with E-state index in [0.717, 1.165) is 9.21 Å². The van der Waals surface area contributed by atoms with Gasteiger partial charge >= 0.3 is 0 Å². The molecule has 13 heteroatoms. The van der Waals surface area contributed by atoms with E-state index in [9.17, 15) is 18.0 Å². The number of sulfonamides is 1. The van der Waals surface area contributed by atoms with Crippen LogP contribution < -0.4 is 11.1 Å². The predicted octanol–water partition coefficient (Wildman–Crippen LogP) is 1.98.